The summed E-state index contributed by atoms with van der Waals surface area (Å²) in [7, 11) is 1.35. The van der Waals surface area contributed by atoms with Gasteiger partial charge in [-0.1, -0.05) is 17.2 Å². The minimum atomic E-state index is -4.90. The second-order valence-electron chi connectivity index (χ2n) is 6.58. The summed E-state index contributed by atoms with van der Waals surface area (Å²) < 4.78 is 59.6. The zero-order chi connectivity index (χ0) is 23.9. The maximum atomic E-state index is 13.5. The smallest absolute Gasteiger partial charge is 0.475 e. The molecule has 9 nitrogen and oxygen atoms in total. The first-order chi connectivity index (χ1) is 15.0. The molecule has 1 aromatic rings. The van der Waals surface area contributed by atoms with Crippen molar-refractivity contribution in [2.75, 3.05) is 20.5 Å². The number of fused-ring (bicyclic) bond motifs is 1. The summed E-state index contributed by atoms with van der Waals surface area (Å²) in [5, 5.41) is 0.253. The van der Waals surface area contributed by atoms with Gasteiger partial charge in [0, 0.05) is 17.0 Å². The Morgan fingerprint density at radius 1 is 1.28 bits per heavy atom. The van der Waals surface area contributed by atoms with Crippen LogP contribution < -0.4 is 10.4 Å². The van der Waals surface area contributed by atoms with E-state index in [0.29, 0.717) is 5.56 Å². The SMILES string of the molecule is CONOCCC(C)OC(=O)OCOC(=O)C1=Cc2cc(Cl)cc(C)c2OC1C(F)(F)F. The van der Waals surface area contributed by atoms with E-state index in [1.807, 2.05) is 0 Å². The highest BCUT2D eigenvalue weighted by Crippen LogP contribution is 2.40. The maximum Gasteiger partial charge on any atom is 0.511 e. The van der Waals surface area contributed by atoms with Gasteiger partial charge in [-0.3, -0.25) is 9.68 Å². The number of aryl methyl sites for hydroxylation is 1. The van der Waals surface area contributed by atoms with Crippen LogP contribution in [0.2, 0.25) is 5.02 Å². The van der Waals surface area contributed by atoms with Gasteiger partial charge in [0.15, 0.2) is 0 Å². The van der Waals surface area contributed by atoms with Gasteiger partial charge in [-0.2, -0.15) is 13.2 Å². The van der Waals surface area contributed by atoms with E-state index in [9.17, 15) is 22.8 Å². The number of halogens is 4. The van der Waals surface area contributed by atoms with Gasteiger partial charge in [-0.15, -0.1) is 0 Å². The molecule has 2 atom stereocenters. The van der Waals surface area contributed by atoms with Gasteiger partial charge in [0.1, 0.15) is 11.9 Å². The normalized spacial score (nSPS) is 16.3. The first-order valence-electron chi connectivity index (χ1n) is 9.18. The molecule has 1 aliphatic rings. The predicted molar refractivity (Wildman–Crippen MR) is 103 cm³/mol. The zero-order valence-electron chi connectivity index (χ0n) is 17.3. The number of alkyl halides is 3. The number of hydrogen-bond acceptors (Lipinski definition) is 9. The summed E-state index contributed by atoms with van der Waals surface area (Å²) >= 11 is 5.93. The van der Waals surface area contributed by atoms with E-state index >= 15 is 0 Å². The molecule has 1 N–H and O–H groups in total. The molecule has 0 saturated carbocycles. The van der Waals surface area contributed by atoms with E-state index in [4.69, 9.17) is 25.9 Å². The van der Waals surface area contributed by atoms with Crippen molar-refractivity contribution in [3.05, 3.63) is 33.9 Å². The molecule has 13 heteroatoms. The van der Waals surface area contributed by atoms with Crippen LogP contribution in [-0.2, 0) is 28.7 Å². The lowest BCUT2D eigenvalue weighted by Crippen LogP contribution is -2.41. The monoisotopic (exact) mass is 483 g/mol. The highest BCUT2D eigenvalue weighted by Gasteiger charge is 2.49. The standard InChI is InChI=1S/C19H21ClF3NO8/c1-10-6-13(20)7-12-8-14(16(19(21,22)23)32-15(10)12)17(25)28-9-29-18(26)31-11(2)4-5-30-24-27-3/h6-8,11,16,24H,4-5,9H2,1-3H3. The van der Waals surface area contributed by atoms with E-state index in [1.165, 1.54) is 26.2 Å². The third-order valence-electron chi connectivity index (χ3n) is 4.06. The van der Waals surface area contributed by atoms with Crippen molar-refractivity contribution in [3.8, 4) is 5.75 Å². The second-order valence-corrected chi connectivity index (χ2v) is 7.01. The van der Waals surface area contributed by atoms with Crippen molar-refractivity contribution in [3.63, 3.8) is 0 Å². The van der Waals surface area contributed by atoms with Gasteiger partial charge in [0.2, 0.25) is 12.9 Å². The maximum absolute atomic E-state index is 13.5. The number of nitrogens with one attached hydrogen (secondary N) is 1. The van der Waals surface area contributed by atoms with E-state index in [0.717, 1.165) is 6.08 Å². The summed E-state index contributed by atoms with van der Waals surface area (Å²) in [5.74, 6) is -1.43. The molecule has 0 bridgehead atoms. The van der Waals surface area contributed by atoms with Crippen LogP contribution in [0.1, 0.15) is 24.5 Å². The molecule has 1 aliphatic heterocycles. The molecular formula is C19H21ClF3NO8. The molecule has 0 radical (unpaired) electrons. The van der Waals surface area contributed by atoms with E-state index < -0.39 is 42.9 Å². The number of benzene rings is 1. The molecule has 0 aliphatic carbocycles. The van der Waals surface area contributed by atoms with Crippen molar-refractivity contribution in [2.45, 2.75) is 38.7 Å². The van der Waals surface area contributed by atoms with Crippen LogP contribution >= 0.6 is 11.6 Å². The number of hydrogen-bond donors (Lipinski definition) is 1. The van der Waals surface area contributed by atoms with Crippen LogP contribution in [0.5, 0.6) is 5.75 Å². The first kappa shape index (κ1) is 25.7. The second kappa shape index (κ2) is 11.4. The first-order valence-corrected chi connectivity index (χ1v) is 9.56. The molecule has 0 aromatic heterocycles. The zero-order valence-corrected chi connectivity index (χ0v) is 18.0. The van der Waals surface area contributed by atoms with Gasteiger partial charge in [0.05, 0.1) is 19.3 Å². The largest absolute Gasteiger partial charge is 0.511 e. The van der Waals surface area contributed by atoms with Gasteiger partial charge < -0.3 is 18.9 Å². The fourth-order valence-electron chi connectivity index (χ4n) is 2.65. The molecule has 0 amide bonds. The van der Waals surface area contributed by atoms with Crippen LogP contribution in [0, 0.1) is 6.92 Å². The molecule has 0 spiro atoms. The summed E-state index contributed by atoms with van der Waals surface area (Å²) in [6.45, 7) is 2.26. The number of rotatable bonds is 9. The lowest BCUT2D eigenvalue weighted by atomic mass is 9.99. The minimum Gasteiger partial charge on any atom is -0.475 e. The van der Waals surface area contributed by atoms with Gasteiger partial charge in [-0.25, -0.2) is 9.59 Å². The van der Waals surface area contributed by atoms with E-state index in [2.05, 4.69) is 20.0 Å². The van der Waals surface area contributed by atoms with Crippen molar-refractivity contribution < 1.29 is 51.4 Å². The fraction of sp³-hybridized carbons (Fsp3) is 0.474. The van der Waals surface area contributed by atoms with Crippen LogP contribution in [0.3, 0.4) is 0 Å². The van der Waals surface area contributed by atoms with Gasteiger partial charge in [-0.05, 0) is 37.6 Å². The molecule has 2 unspecified atom stereocenters. The Hall–Kier alpha value is -2.54. The fourth-order valence-corrected chi connectivity index (χ4v) is 2.94. The Balaban J connectivity index is 1.96. The molecular weight excluding hydrogens is 463 g/mol. The summed E-state index contributed by atoms with van der Waals surface area (Å²) in [4.78, 5) is 33.1. The Morgan fingerprint density at radius 2 is 2.00 bits per heavy atom. The third kappa shape index (κ3) is 7.26. The molecule has 2 rings (SSSR count). The number of ether oxygens (including phenoxy) is 4. The highest BCUT2D eigenvalue weighted by molar-refractivity contribution is 6.30. The number of esters is 1. The van der Waals surface area contributed by atoms with Gasteiger partial charge in [0.25, 0.3) is 0 Å². The van der Waals surface area contributed by atoms with Crippen molar-refractivity contribution >= 4 is 29.8 Å². The Labute approximate surface area is 186 Å². The van der Waals surface area contributed by atoms with E-state index in [-0.39, 0.29) is 29.4 Å². The van der Waals surface area contributed by atoms with Crippen LogP contribution in [0.25, 0.3) is 6.08 Å². The number of carbonyl (C=O) groups excluding carboxylic acids is 2. The van der Waals surface area contributed by atoms with E-state index in [1.54, 1.807) is 6.92 Å². The molecule has 1 heterocycles. The number of carbonyl (C=O) groups is 2. The van der Waals surface area contributed by atoms with Crippen LogP contribution in [0.15, 0.2) is 17.7 Å². The topological polar surface area (TPSA) is 102 Å². The van der Waals surface area contributed by atoms with Gasteiger partial charge >= 0.3 is 18.3 Å². The van der Waals surface area contributed by atoms with Crippen LogP contribution in [0.4, 0.5) is 18.0 Å². The molecule has 0 fully saturated rings. The average molecular weight is 484 g/mol. The third-order valence-corrected chi connectivity index (χ3v) is 4.28. The quantitative estimate of drug-likeness (QED) is 0.243. The lowest BCUT2D eigenvalue weighted by Gasteiger charge is -2.28. The molecule has 1 aromatic carbocycles. The minimum absolute atomic E-state index is 0.0493. The Kier molecular flexibility index (Phi) is 9.13. The average Bonchev–Trinajstić information content (AvgIpc) is 2.69. The van der Waals surface area contributed by atoms with Crippen molar-refractivity contribution in [1.29, 1.82) is 0 Å². The van der Waals surface area contributed by atoms with Crippen LogP contribution in [-0.4, -0.2) is 51.0 Å². The highest BCUT2D eigenvalue weighted by atomic mass is 35.5. The summed E-state index contributed by atoms with van der Waals surface area (Å²) in [5.41, 5.74) is 1.86. The molecule has 178 valence electrons. The Morgan fingerprint density at radius 3 is 2.66 bits per heavy atom. The predicted octanol–water partition coefficient (Wildman–Crippen LogP) is 3.87. The lowest BCUT2D eigenvalue weighted by molar-refractivity contribution is -0.189. The Bertz CT molecular complexity index is 862. The molecule has 0 saturated heterocycles. The summed E-state index contributed by atoms with van der Waals surface area (Å²) in [6, 6.07) is 2.79. The molecule has 32 heavy (non-hydrogen) atoms. The van der Waals surface area contributed by atoms with Crippen molar-refractivity contribution in [1.82, 2.24) is 5.64 Å². The summed E-state index contributed by atoms with van der Waals surface area (Å²) in [6.07, 6.45) is -8.00. The van der Waals surface area contributed by atoms with Crippen molar-refractivity contribution in [2.24, 2.45) is 0 Å².